The van der Waals surface area contributed by atoms with E-state index in [1.54, 1.807) is 18.6 Å². The maximum Gasteiger partial charge on any atom is 0.255 e. The van der Waals surface area contributed by atoms with Crippen molar-refractivity contribution in [2.75, 3.05) is 19.0 Å². The number of aromatic amines is 1. The summed E-state index contributed by atoms with van der Waals surface area (Å²) in [6, 6.07) is 15.5. The van der Waals surface area contributed by atoms with Crippen LogP contribution in [-0.4, -0.2) is 33.6 Å². The molecule has 0 spiro atoms. The Morgan fingerprint density at radius 3 is 2.69 bits per heavy atom. The lowest BCUT2D eigenvalue weighted by atomic mass is 10.00. The molecule has 0 aliphatic heterocycles. The second-order valence-electron chi connectivity index (χ2n) is 7.30. The molecule has 2 N–H and O–H groups in total. The molecular weight excluding hydrogens is 402 g/mol. The molecule has 0 saturated heterocycles. The standard InChI is InChI=1S/C25H21N5O2/c1-3-32-21-13-18(15-6-7-19-16(11-15)8-10-28-25(19)31)12-20-22(21)29-23(30-24(20)26-2)17-5-4-9-27-14-17/h4-14H,3H2,1-2H3,(H,28,31)(H,26,29,30). The molecule has 0 radical (unpaired) electrons. The van der Waals surface area contributed by atoms with E-state index in [0.29, 0.717) is 29.4 Å². The molecule has 5 aromatic rings. The van der Waals surface area contributed by atoms with E-state index < -0.39 is 0 Å². The van der Waals surface area contributed by atoms with Gasteiger partial charge in [0.1, 0.15) is 17.1 Å². The lowest BCUT2D eigenvalue weighted by molar-refractivity contribution is 0.344. The number of aromatic nitrogens is 4. The summed E-state index contributed by atoms with van der Waals surface area (Å²) in [5.41, 5.74) is 3.39. The van der Waals surface area contributed by atoms with Gasteiger partial charge in [-0.25, -0.2) is 9.97 Å². The normalized spacial score (nSPS) is 11.1. The van der Waals surface area contributed by atoms with Crippen molar-refractivity contribution in [3.8, 4) is 28.3 Å². The second-order valence-corrected chi connectivity index (χ2v) is 7.30. The fourth-order valence-corrected chi connectivity index (χ4v) is 3.82. The molecule has 7 heteroatoms. The van der Waals surface area contributed by atoms with E-state index in [2.05, 4.69) is 15.3 Å². The van der Waals surface area contributed by atoms with Gasteiger partial charge < -0.3 is 15.0 Å². The summed E-state index contributed by atoms with van der Waals surface area (Å²) in [6.45, 7) is 2.45. The Kier molecular flexibility index (Phi) is 4.99. The maximum atomic E-state index is 12.1. The number of nitrogens with zero attached hydrogens (tertiary/aromatic N) is 3. The van der Waals surface area contributed by atoms with Gasteiger partial charge in [0, 0.05) is 42.0 Å². The minimum Gasteiger partial charge on any atom is -0.492 e. The lowest BCUT2D eigenvalue weighted by Crippen LogP contribution is -2.04. The summed E-state index contributed by atoms with van der Waals surface area (Å²) < 4.78 is 5.99. The van der Waals surface area contributed by atoms with Crippen LogP contribution in [0.1, 0.15) is 6.92 Å². The minimum atomic E-state index is -0.101. The first-order valence-corrected chi connectivity index (χ1v) is 10.4. The van der Waals surface area contributed by atoms with Crippen molar-refractivity contribution in [2.45, 2.75) is 6.92 Å². The highest BCUT2D eigenvalue weighted by atomic mass is 16.5. The van der Waals surface area contributed by atoms with Crippen molar-refractivity contribution in [1.82, 2.24) is 19.9 Å². The Morgan fingerprint density at radius 1 is 1.00 bits per heavy atom. The molecular formula is C25H21N5O2. The maximum absolute atomic E-state index is 12.1. The number of H-pyrrole nitrogens is 1. The molecule has 0 atom stereocenters. The van der Waals surface area contributed by atoms with E-state index in [9.17, 15) is 4.79 Å². The van der Waals surface area contributed by atoms with Crippen molar-refractivity contribution < 1.29 is 4.74 Å². The van der Waals surface area contributed by atoms with Gasteiger partial charge in [-0.05, 0) is 65.9 Å². The lowest BCUT2D eigenvalue weighted by Gasteiger charge is -2.14. The zero-order valence-electron chi connectivity index (χ0n) is 17.7. The van der Waals surface area contributed by atoms with Crippen LogP contribution in [0.15, 0.2) is 71.9 Å². The fourth-order valence-electron chi connectivity index (χ4n) is 3.82. The van der Waals surface area contributed by atoms with Gasteiger partial charge in [-0.1, -0.05) is 6.07 Å². The first kappa shape index (κ1) is 19.7. The Hall–Kier alpha value is -4.26. The van der Waals surface area contributed by atoms with Gasteiger partial charge in [-0.15, -0.1) is 0 Å². The zero-order chi connectivity index (χ0) is 22.1. The number of nitrogens with one attached hydrogen (secondary N) is 2. The van der Waals surface area contributed by atoms with E-state index >= 15 is 0 Å². The third-order valence-electron chi connectivity index (χ3n) is 5.33. The molecule has 0 saturated carbocycles. The van der Waals surface area contributed by atoms with Gasteiger partial charge in [0.2, 0.25) is 0 Å². The fraction of sp³-hybridized carbons (Fsp3) is 0.120. The molecule has 0 fully saturated rings. The van der Waals surface area contributed by atoms with Crippen LogP contribution in [0, 0.1) is 0 Å². The molecule has 0 bridgehead atoms. The van der Waals surface area contributed by atoms with E-state index in [4.69, 9.17) is 14.7 Å². The van der Waals surface area contributed by atoms with Gasteiger partial charge in [-0.2, -0.15) is 0 Å². The number of anilines is 1. The Morgan fingerprint density at radius 2 is 1.91 bits per heavy atom. The molecule has 3 aromatic heterocycles. The number of benzene rings is 2. The largest absolute Gasteiger partial charge is 0.492 e. The summed E-state index contributed by atoms with van der Waals surface area (Å²) in [7, 11) is 1.84. The average Bonchev–Trinajstić information content (AvgIpc) is 2.84. The second kappa shape index (κ2) is 8.11. The molecule has 2 aromatic carbocycles. The van der Waals surface area contributed by atoms with Gasteiger partial charge >= 0.3 is 0 Å². The third kappa shape index (κ3) is 3.43. The number of hydrogen-bond acceptors (Lipinski definition) is 6. The van der Waals surface area contributed by atoms with Crippen LogP contribution in [0.25, 0.3) is 44.2 Å². The highest BCUT2D eigenvalue weighted by Crippen LogP contribution is 2.36. The molecule has 0 aliphatic rings. The molecule has 158 valence electrons. The van der Waals surface area contributed by atoms with Gasteiger partial charge in [-0.3, -0.25) is 9.78 Å². The first-order chi connectivity index (χ1) is 15.7. The number of ether oxygens (including phenoxy) is 1. The van der Waals surface area contributed by atoms with Crippen LogP contribution in [-0.2, 0) is 0 Å². The van der Waals surface area contributed by atoms with Crippen molar-refractivity contribution in [3.63, 3.8) is 0 Å². The number of fused-ring (bicyclic) bond motifs is 2. The van der Waals surface area contributed by atoms with Crippen molar-refractivity contribution in [2.24, 2.45) is 0 Å². The molecule has 3 heterocycles. The van der Waals surface area contributed by atoms with Crippen LogP contribution in [0.4, 0.5) is 5.82 Å². The van der Waals surface area contributed by atoms with Crippen LogP contribution in [0.2, 0.25) is 0 Å². The first-order valence-electron chi connectivity index (χ1n) is 10.4. The van der Waals surface area contributed by atoms with Crippen molar-refractivity contribution in [3.05, 3.63) is 77.5 Å². The third-order valence-corrected chi connectivity index (χ3v) is 5.33. The molecule has 7 nitrogen and oxygen atoms in total. The summed E-state index contributed by atoms with van der Waals surface area (Å²) in [4.78, 5) is 28.5. The van der Waals surface area contributed by atoms with Gasteiger partial charge in [0.05, 0.1) is 6.61 Å². The van der Waals surface area contributed by atoms with E-state index in [1.165, 1.54) is 0 Å². The predicted octanol–water partition coefficient (Wildman–Crippen LogP) is 4.64. The molecule has 0 unspecified atom stereocenters. The SMILES string of the molecule is CCOc1cc(-c2ccc3c(=O)[nH]ccc3c2)cc2c(NC)nc(-c3cccnc3)nc12. The summed E-state index contributed by atoms with van der Waals surface area (Å²) >= 11 is 0. The van der Waals surface area contributed by atoms with E-state index in [1.807, 2.05) is 62.5 Å². The molecule has 32 heavy (non-hydrogen) atoms. The van der Waals surface area contributed by atoms with E-state index in [0.717, 1.165) is 33.0 Å². The number of rotatable bonds is 5. The average molecular weight is 423 g/mol. The Bertz CT molecular complexity index is 1500. The van der Waals surface area contributed by atoms with Crippen LogP contribution in [0.5, 0.6) is 5.75 Å². The quantitative estimate of drug-likeness (QED) is 0.428. The summed E-state index contributed by atoms with van der Waals surface area (Å²) in [6.07, 6.45) is 5.12. The Labute approximate surface area is 184 Å². The monoisotopic (exact) mass is 423 g/mol. The highest BCUT2D eigenvalue weighted by Gasteiger charge is 2.15. The van der Waals surface area contributed by atoms with Crippen LogP contribution < -0.4 is 15.6 Å². The molecule has 0 amide bonds. The van der Waals surface area contributed by atoms with Crippen molar-refractivity contribution >= 4 is 27.5 Å². The highest BCUT2D eigenvalue weighted by molar-refractivity contribution is 5.98. The number of pyridine rings is 2. The summed E-state index contributed by atoms with van der Waals surface area (Å²) in [5, 5.41) is 5.58. The van der Waals surface area contributed by atoms with Crippen molar-refractivity contribution in [1.29, 1.82) is 0 Å². The van der Waals surface area contributed by atoms with Crippen LogP contribution >= 0.6 is 0 Å². The number of hydrogen-bond donors (Lipinski definition) is 2. The molecule has 0 aliphatic carbocycles. The van der Waals surface area contributed by atoms with Gasteiger partial charge in [0.25, 0.3) is 5.56 Å². The summed E-state index contributed by atoms with van der Waals surface area (Å²) in [5.74, 6) is 1.96. The predicted molar refractivity (Wildman–Crippen MR) is 127 cm³/mol. The van der Waals surface area contributed by atoms with Gasteiger partial charge in [0.15, 0.2) is 5.82 Å². The molecule has 5 rings (SSSR count). The minimum absolute atomic E-state index is 0.101. The zero-order valence-corrected chi connectivity index (χ0v) is 17.7. The Balaban J connectivity index is 1.74. The smallest absolute Gasteiger partial charge is 0.255 e. The topological polar surface area (TPSA) is 92.8 Å². The van der Waals surface area contributed by atoms with Crippen LogP contribution in [0.3, 0.4) is 0 Å². The van der Waals surface area contributed by atoms with E-state index in [-0.39, 0.29) is 5.56 Å².